The average Bonchev–Trinajstić information content (AvgIpc) is 3.34. The van der Waals surface area contributed by atoms with Gasteiger partial charge >= 0.3 is 0 Å². The molecule has 0 saturated carbocycles. The van der Waals surface area contributed by atoms with Crippen molar-refractivity contribution in [2.75, 3.05) is 6.54 Å². The van der Waals surface area contributed by atoms with E-state index in [0.29, 0.717) is 19.4 Å². The summed E-state index contributed by atoms with van der Waals surface area (Å²) in [5, 5.41) is 7.33. The van der Waals surface area contributed by atoms with Crippen LogP contribution in [0.4, 0.5) is 0 Å². The van der Waals surface area contributed by atoms with Gasteiger partial charge in [-0.2, -0.15) is 0 Å². The van der Waals surface area contributed by atoms with Gasteiger partial charge in [-0.25, -0.2) is 4.98 Å². The first kappa shape index (κ1) is 16.5. The maximum atomic E-state index is 12.3. The Kier molecular flexibility index (Phi) is 4.80. The lowest BCUT2D eigenvalue weighted by atomic mass is 10.0. The molecule has 0 fully saturated rings. The Hall–Kier alpha value is -2.92. The minimum atomic E-state index is 0.0337. The molecule has 0 aliphatic rings. The van der Waals surface area contributed by atoms with Gasteiger partial charge in [-0.15, -0.1) is 11.3 Å². The minimum absolute atomic E-state index is 0.0337. The van der Waals surface area contributed by atoms with E-state index in [1.807, 2.05) is 41.9 Å². The number of amides is 1. The van der Waals surface area contributed by atoms with Gasteiger partial charge in [-0.05, 0) is 27.8 Å². The SMILES string of the molecule is O=C(Cc1cccc2ccccc12)NCCc1ncc(-c2cccs2)[nH]1. The Bertz CT molecular complexity index is 1020. The molecular weight excluding hydrogens is 342 g/mol. The number of fused-ring (bicyclic) bond motifs is 1. The molecule has 0 bridgehead atoms. The van der Waals surface area contributed by atoms with Gasteiger partial charge in [-0.1, -0.05) is 48.5 Å². The Morgan fingerprint density at radius 1 is 1.08 bits per heavy atom. The average molecular weight is 361 g/mol. The highest BCUT2D eigenvalue weighted by Gasteiger charge is 2.08. The molecular formula is C21H19N3OS. The fraction of sp³-hybridized carbons (Fsp3) is 0.143. The van der Waals surface area contributed by atoms with Crippen molar-refractivity contribution in [3.8, 4) is 10.6 Å². The first-order chi connectivity index (χ1) is 12.8. The number of thiophene rings is 1. The van der Waals surface area contributed by atoms with E-state index in [2.05, 4.69) is 39.6 Å². The van der Waals surface area contributed by atoms with Crippen molar-refractivity contribution in [1.29, 1.82) is 0 Å². The second kappa shape index (κ2) is 7.54. The van der Waals surface area contributed by atoms with E-state index in [9.17, 15) is 4.79 Å². The number of rotatable bonds is 6. The largest absolute Gasteiger partial charge is 0.355 e. The monoisotopic (exact) mass is 361 g/mol. The van der Waals surface area contributed by atoms with Crippen LogP contribution in [0.2, 0.25) is 0 Å². The van der Waals surface area contributed by atoms with E-state index >= 15 is 0 Å². The summed E-state index contributed by atoms with van der Waals surface area (Å²) in [6, 6.07) is 18.3. The van der Waals surface area contributed by atoms with E-state index in [-0.39, 0.29) is 5.91 Å². The molecule has 130 valence electrons. The van der Waals surface area contributed by atoms with Gasteiger partial charge in [0.15, 0.2) is 0 Å². The van der Waals surface area contributed by atoms with Crippen LogP contribution in [0, 0.1) is 0 Å². The van der Waals surface area contributed by atoms with Gasteiger partial charge in [0, 0.05) is 13.0 Å². The van der Waals surface area contributed by atoms with Gasteiger partial charge in [-0.3, -0.25) is 4.79 Å². The molecule has 5 heteroatoms. The lowest BCUT2D eigenvalue weighted by molar-refractivity contribution is -0.120. The molecule has 2 aromatic carbocycles. The number of hydrogen-bond donors (Lipinski definition) is 2. The zero-order valence-electron chi connectivity index (χ0n) is 14.2. The number of imidazole rings is 1. The zero-order chi connectivity index (χ0) is 17.8. The van der Waals surface area contributed by atoms with Gasteiger partial charge in [0.25, 0.3) is 0 Å². The van der Waals surface area contributed by atoms with Gasteiger partial charge in [0.05, 0.1) is 23.2 Å². The van der Waals surface area contributed by atoms with Crippen molar-refractivity contribution in [3.05, 3.63) is 77.6 Å². The van der Waals surface area contributed by atoms with Crippen molar-refractivity contribution in [1.82, 2.24) is 15.3 Å². The summed E-state index contributed by atoms with van der Waals surface area (Å²) >= 11 is 1.68. The molecule has 4 rings (SSSR count). The minimum Gasteiger partial charge on any atom is -0.355 e. The van der Waals surface area contributed by atoms with Crippen LogP contribution in [0.15, 0.2) is 66.2 Å². The molecule has 2 N–H and O–H groups in total. The molecule has 0 spiro atoms. The summed E-state index contributed by atoms with van der Waals surface area (Å²) in [7, 11) is 0. The number of nitrogens with one attached hydrogen (secondary N) is 2. The Labute approximate surface area is 155 Å². The maximum Gasteiger partial charge on any atom is 0.224 e. The van der Waals surface area contributed by atoms with Crippen LogP contribution < -0.4 is 5.32 Å². The number of aromatic nitrogens is 2. The van der Waals surface area contributed by atoms with Crippen molar-refractivity contribution in [2.45, 2.75) is 12.8 Å². The van der Waals surface area contributed by atoms with Crippen LogP contribution in [0.25, 0.3) is 21.3 Å². The predicted octanol–water partition coefficient (Wildman–Crippen LogP) is 4.19. The highest BCUT2D eigenvalue weighted by molar-refractivity contribution is 7.13. The first-order valence-corrected chi connectivity index (χ1v) is 9.49. The predicted molar refractivity (Wildman–Crippen MR) is 106 cm³/mol. The van der Waals surface area contributed by atoms with Crippen LogP contribution >= 0.6 is 11.3 Å². The summed E-state index contributed by atoms with van der Waals surface area (Å²) in [6.07, 6.45) is 2.92. The van der Waals surface area contributed by atoms with Crippen LogP contribution in [0.5, 0.6) is 0 Å². The van der Waals surface area contributed by atoms with Gasteiger partial charge in [0.1, 0.15) is 5.82 Å². The number of hydrogen-bond acceptors (Lipinski definition) is 3. The molecule has 0 atom stereocenters. The van der Waals surface area contributed by atoms with E-state index in [1.54, 1.807) is 11.3 Å². The fourth-order valence-electron chi connectivity index (χ4n) is 3.05. The van der Waals surface area contributed by atoms with Crippen molar-refractivity contribution in [3.63, 3.8) is 0 Å². The summed E-state index contributed by atoms with van der Waals surface area (Å²) in [4.78, 5) is 21.2. The standard InChI is InChI=1S/C21H19N3OS/c25-21(13-16-7-3-6-15-5-1-2-8-17(15)16)22-11-10-20-23-14-18(24-20)19-9-4-12-26-19/h1-9,12,14H,10-11,13H2,(H,22,25)(H,23,24). The number of H-pyrrole nitrogens is 1. The third-order valence-corrected chi connectivity index (χ3v) is 5.23. The van der Waals surface area contributed by atoms with Crippen molar-refractivity contribution in [2.24, 2.45) is 0 Å². The molecule has 2 heterocycles. The first-order valence-electron chi connectivity index (χ1n) is 8.61. The molecule has 0 radical (unpaired) electrons. The second-order valence-electron chi connectivity index (χ2n) is 6.14. The van der Waals surface area contributed by atoms with Gasteiger partial charge in [0.2, 0.25) is 5.91 Å². The zero-order valence-corrected chi connectivity index (χ0v) is 15.1. The Morgan fingerprint density at radius 2 is 1.96 bits per heavy atom. The molecule has 4 nitrogen and oxygen atoms in total. The van der Waals surface area contributed by atoms with E-state index in [0.717, 1.165) is 27.9 Å². The van der Waals surface area contributed by atoms with Crippen molar-refractivity contribution < 1.29 is 4.79 Å². The lowest BCUT2D eigenvalue weighted by Crippen LogP contribution is -2.27. The molecule has 26 heavy (non-hydrogen) atoms. The Morgan fingerprint density at radius 3 is 2.85 bits per heavy atom. The summed E-state index contributed by atoms with van der Waals surface area (Å²) < 4.78 is 0. The molecule has 0 aliphatic carbocycles. The molecule has 0 saturated heterocycles. The number of aromatic amines is 1. The highest BCUT2D eigenvalue weighted by atomic mass is 32.1. The fourth-order valence-corrected chi connectivity index (χ4v) is 3.74. The topological polar surface area (TPSA) is 57.8 Å². The number of nitrogens with zero attached hydrogens (tertiary/aromatic N) is 1. The smallest absolute Gasteiger partial charge is 0.224 e. The number of carbonyl (C=O) groups is 1. The molecule has 1 amide bonds. The number of benzene rings is 2. The van der Waals surface area contributed by atoms with E-state index in [4.69, 9.17) is 0 Å². The quantitative estimate of drug-likeness (QED) is 0.541. The van der Waals surface area contributed by atoms with Crippen LogP contribution in [0.3, 0.4) is 0 Å². The number of carbonyl (C=O) groups excluding carboxylic acids is 1. The normalized spacial score (nSPS) is 10.9. The summed E-state index contributed by atoms with van der Waals surface area (Å²) in [6.45, 7) is 0.570. The van der Waals surface area contributed by atoms with Crippen LogP contribution in [-0.2, 0) is 17.6 Å². The lowest BCUT2D eigenvalue weighted by Gasteiger charge is -2.07. The maximum absolute atomic E-state index is 12.3. The third kappa shape index (κ3) is 3.68. The summed E-state index contributed by atoms with van der Waals surface area (Å²) in [5.74, 6) is 0.922. The highest BCUT2D eigenvalue weighted by Crippen LogP contribution is 2.22. The van der Waals surface area contributed by atoms with Crippen molar-refractivity contribution >= 4 is 28.0 Å². The molecule has 2 aromatic heterocycles. The second-order valence-corrected chi connectivity index (χ2v) is 7.08. The molecule has 0 aliphatic heterocycles. The van der Waals surface area contributed by atoms with Crippen LogP contribution in [0.1, 0.15) is 11.4 Å². The van der Waals surface area contributed by atoms with E-state index < -0.39 is 0 Å². The third-order valence-electron chi connectivity index (χ3n) is 4.33. The summed E-state index contributed by atoms with van der Waals surface area (Å²) in [5.41, 5.74) is 2.08. The van der Waals surface area contributed by atoms with E-state index in [1.165, 1.54) is 4.88 Å². The Balaban J connectivity index is 1.33. The molecule has 4 aromatic rings. The molecule has 0 unspecified atom stereocenters. The van der Waals surface area contributed by atoms with Crippen LogP contribution in [-0.4, -0.2) is 22.4 Å². The van der Waals surface area contributed by atoms with Gasteiger partial charge < -0.3 is 10.3 Å².